The zero-order chi connectivity index (χ0) is 13.1. The van der Waals surface area contributed by atoms with E-state index in [2.05, 4.69) is 10.3 Å². The van der Waals surface area contributed by atoms with Gasteiger partial charge in [0.05, 0.1) is 0 Å². The molecule has 5 heteroatoms. The van der Waals surface area contributed by atoms with Crippen LogP contribution in [-0.2, 0) is 4.79 Å². The summed E-state index contributed by atoms with van der Waals surface area (Å²) < 4.78 is 1.82. The van der Waals surface area contributed by atoms with Gasteiger partial charge in [-0.3, -0.25) is 4.79 Å². The number of benzene rings is 1. The van der Waals surface area contributed by atoms with Crippen molar-refractivity contribution in [3.63, 3.8) is 0 Å². The van der Waals surface area contributed by atoms with Gasteiger partial charge in [-0.05, 0) is 32.0 Å². The van der Waals surface area contributed by atoms with Gasteiger partial charge in [0.2, 0.25) is 5.91 Å². The van der Waals surface area contributed by atoms with Crippen LogP contribution in [-0.4, -0.2) is 15.5 Å². The Morgan fingerprint density at radius 1 is 1.50 bits per heavy atom. The number of amides is 1. The fraction of sp³-hybridized carbons (Fsp3) is 0.231. The summed E-state index contributed by atoms with van der Waals surface area (Å²) in [4.78, 5) is 16.2. The van der Waals surface area contributed by atoms with Crippen molar-refractivity contribution in [1.29, 1.82) is 0 Å². The number of nitrogens with one attached hydrogen (secondary N) is 1. The van der Waals surface area contributed by atoms with Crippen LogP contribution in [0.25, 0.3) is 0 Å². The van der Waals surface area contributed by atoms with Gasteiger partial charge in [0, 0.05) is 23.8 Å². The molecule has 18 heavy (non-hydrogen) atoms. The highest BCUT2D eigenvalue weighted by atomic mass is 16.2. The van der Waals surface area contributed by atoms with Crippen LogP contribution < -0.4 is 11.1 Å². The Hall–Kier alpha value is -2.30. The first-order valence-corrected chi connectivity index (χ1v) is 5.74. The lowest BCUT2D eigenvalue weighted by molar-refractivity contribution is -0.118. The third kappa shape index (κ3) is 2.51. The fourth-order valence-electron chi connectivity index (χ4n) is 1.79. The second kappa shape index (κ2) is 4.91. The number of carbonyl (C=O) groups excluding carboxylic acids is 1. The summed E-state index contributed by atoms with van der Waals surface area (Å²) in [6, 6.07) is 6.80. The molecule has 0 fully saturated rings. The molecule has 0 saturated carbocycles. The smallest absolute Gasteiger partial charge is 0.247 e. The van der Waals surface area contributed by atoms with Crippen LogP contribution in [0.3, 0.4) is 0 Å². The Bertz CT molecular complexity index is 562. The first kappa shape index (κ1) is 12.2. The molecular formula is C13H16N4O. The zero-order valence-electron chi connectivity index (χ0n) is 10.4. The van der Waals surface area contributed by atoms with E-state index in [0.29, 0.717) is 11.4 Å². The van der Waals surface area contributed by atoms with E-state index < -0.39 is 0 Å². The molecule has 2 aromatic rings. The number of nitrogens with two attached hydrogens (primary N) is 1. The topological polar surface area (TPSA) is 72.9 Å². The van der Waals surface area contributed by atoms with Gasteiger partial charge < -0.3 is 15.6 Å². The SMILES string of the molecule is Cc1nccn1C(C)C(=O)Nc1cccc(N)c1. The number of carbonyl (C=O) groups is 1. The minimum atomic E-state index is -0.311. The Kier molecular flexibility index (Phi) is 3.32. The lowest BCUT2D eigenvalue weighted by Crippen LogP contribution is -2.24. The van der Waals surface area contributed by atoms with Crippen LogP contribution in [0.2, 0.25) is 0 Å². The Morgan fingerprint density at radius 2 is 2.28 bits per heavy atom. The van der Waals surface area contributed by atoms with Crippen molar-refractivity contribution in [1.82, 2.24) is 9.55 Å². The van der Waals surface area contributed by atoms with Crippen molar-refractivity contribution in [2.75, 3.05) is 11.1 Å². The Morgan fingerprint density at radius 3 is 2.89 bits per heavy atom. The van der Waals surface area contributed by atoms with Gasteiger partial charge in [-0.15, -0.1) is 0 Å². The van der Waals surface area contributed by atoms with Gasteiger partial charge in [0.1, 0.15) is 11.9 Å². The quantitative estimate of drug-likeness (QED) is 0.811. The summed E-state index contributed by atoms with van der Waals surface area (Å²) in [6.07, 6.45) is 3.47. The molecule has 1 unspecified atom stereocenters. The molecule has 0 aliphatic rings. The third-order valence-corrected chi connectivity index (χ3v) is 2.81. The number of hydrogen-bond donors (Lipinski definition) is 2. The summed E-state index contributed by atoms with van der Waals surface area (Å²) in [5.74, 6) is 0.715. The molecule has 3 N–H and O–H groups in total. The van der Waals surface area contributed by atoms with Gasteiger partial charge in [-0.2, -0.15) is 0 Å². The van der Waals surface area contributed by atoms with Crippen molar-refractivity contribution >= 4 is 17.3 Å². The average Bonchev–Trinajstić information content (AvgIpc) is 2.74. The standard InChI is InChI=1S/C13H16N4O/c1-9(17-7-6-15-10(17)2)13(18)16-12-5-3-4-11(14)8-12/h3-9H,14H2,1-2H3,(H,16,18). The largest absolute Gasteiger partial charge is 0.399 e. The number of nitrogen functional groups attached to an aromatic ring is 1. The second-order valence-electron chi connectivity index (χ2n) is 4.17. The molecule has 1 atom stereocenters. The molecule has 1 amide bonds. The van der Waals surface area contributed by atoms with E-state index in [1.165, 1.54) is 0 Å². The first-order chi connectivity index (χ1) is 8.58. The highest BCUT2D eigenvalue weighted by molar-refractivity contribution is 5.93. The Labute approximate surface area is 106 Å². The zero-order valence-corrected chi connectivity index (χ0v) is 10.4. The molecule has 0 aliphatic heterocycles. The second-order valence-corrected chi connectivity index (χ2v) is 4.17. The van der Waals surface area contributed by atoms with Crippen LogP contribution in [0.4, 0.5) is 11.4 Å². The number of hydrogen-bond acceptors (Lipinski definition) is 3. The molecule has 1 aromatic heterocycles. The summed E-state index contributed by atoms with van der Waals surface area (Å²) in [7, 11) is 0. The first-order valence-electron chi connectivity index (χ1n) is 5.74. The van der Waals surface area contributed by atoms with Crippen molar-refractivity contribution in [3.05, 3.63) is 42.5 Å². The van der Waals surface area contributed by atoms with E-state index in [-0.39, 0.29) is 11.9 Å². The van der Waals surface area contributed by atoms with Crippen molar-refractivity contribution in [2.24, 2.45) is 0 Å². The van der Waals surface area contributed by atoms with E-state index in [1.807, 2.05) is 24.5 Å². The number of nitrogens with zero attached hydrogens (tertiary/aromatic N) is 2. The molecule has 0 saturated heterocycles. The summed E-state index contributed by atoms with van der Waals surface area (Å²) in [5, 5.41) is 2.83. The maximum absolute atomic E-state index is 12.1. The normalized spacial score (nSPS) is 12.1. The van der Waals surface area contributed by atoms with Crippen LogP contribution in [0.15, 0.2) is 36.7 Å². The van der Waals surface area contributed by atoms with Crippen molar-refractivity contribution in [2.45, 2.75) is 19.9 Å². The van der Waals surface area contributed by atoms with Crippen molar-refractivity contribution < 1.29 is 4.79 Å². The average molecular weight is 244 g/mol. The van der Waals surface area contributed by atoms with Gasteiger partial charge in [-0.1, -0.05) is 6.07 Å². The highest BCUT2D eigenvalue weighted by Crippen LogP contribution is 2.15. The fourth-order valence-corrected chi connectivity index (χ4v) is 1.79. The molecule has 0 aliphatic carbocycles. The van der Waals surface area contributed by atoms with Crippen molar-refractivity contribution in [3.8, 4) is 0 Å². The lowest BCUT2D eigenvalue weighted by Gasteiger charge is -2.15. The van der Waals surface area contributed by atoms with E-state index in [1.54, 1.807) is 30.6 Å². The molecule has 2 rings (SSSR count). The predicted octanol–water partition coefficient (Wildman–Crippen LogP) is 1.97. The number of rotatable bonds is 3. The van der Waals surface area contributed by atoms with Gasteiger partial charge in [0.15, 0.2) is 0 Å². The van der Waals surface area contributed by atoms with E-state index in [9.17, 15) is 4.79 Å². The van der Waals surface area contributed by atoms with Gasteiger partial charge in [0.25, 0.3) is 0 Å². The van der Waals surface area contributed by atoms with Crippen LogP contribution in [0.1, 0.15) is 18.8 Å². The molecule has 1 heterocycles. The number of anilines is 2. The van der Waals surface area contributed by atoms with E-state index >= 15 is 0 Å². The molecular weight excluding hydrogens is 228 g/mol. The highest BCUT2D eigenvalue weighted by Gasteiger charge is 2.16. The predicted molar refractivity (Wildman–Crippen MR) is 71.2 cm³/mol. The van der Waals surface area contributed by atoms with Crippen LogP contribution in [0, 0.1) is 6.92 Å². The molecule has 5 nitrogen and oxygen atoms in total. The third-order valence-electron chi connectivity index (χ3n) is 2.81. The Balaban J connectivity index is 2.11. The van der Waals surface area contributed by atoms with E-state index in [0.717, 1.165) is 5.82 Å². The number of aromatic nitrogens is 2. The maximum atomic E-state index is 12.1. The summed E-state index contributed by atoms with van der Waals surface area (Å²) >= 11 is 0. The summed E-state index contributed by atoms with van der Waals surface area (Å²) in [6.45, 7) is 3.70. The van der Waals surface area contributed by atoms with E-state index in [4.69, 9.17) is 5.73 Å². The van der Waals surface area contributed by atoms with Gasteiger partial charge >= 0.3 is 0 Å². The minimum Gasteiger partial charge on any atom is -0.399 e. The maximum Gasteiger partial charge on any atom is 0.247 e. The molecule has 1 aromatic carbocycles. The summed E-state index contributed by atoms with van der Waals surface area (Å²) in [5.41, 5.74) is 6.99. The molecule has 0 radical (unpaired) electrons. The lowest BCUT2D eigenvalue weighted by atomic mass is 10.2. The minimum absolute atomic E-state index is 0.0956. The number of aryl methyl sites for hydroxylation is 1. The number of imidazole rings is 1. The molecule has 94 valence electrons. The monoisotopic (exact) mass is 244 g/mol. The van der Waals surface area contributed by atoms with Crippen LogP contribution >= 0.6 is 0 Å². The molecule has 0 spiro atoms. The van der Waals surface area contributed by atoms with Gasteiger partial charge in [-0.25, -0.2) is 4.98 Å². The molecule has 0 bridgehead atoms. The van der Waals surface area contributed by atoms with Crippen LogP contribution in [0.5, 0.6) is 0 Å².